The third-order valence-corrected chi connectivity index (χ3v) is 7.34. The molecule has 3 heterocycles. The van der Waals surface area contributed by atoms with Crippen LogP contribution in [-0.2, 0) is 6.54 Å². The van der Waals surface area contributed by atoms with Crippen LogP contribution in [0.4, 0.5) is 10.2 Å². The van der Waals surface area contributed by atoms with Crippen LogP contribution in [0, 0.1) is 5.82 Å². The third kappa shape index (κ3) is 3.86. The fourth-order valence-corrected chi connectivity index (χ4v) is 5.64. The molecule has 1 aliphatic heterocycles. The summed E-state index contributed by atoms with van der Waals surface area (Å²) >= 11 is 1.61. The molecular weight excluding hydrogens is 431 g/mol. The van der Waals surface area contributed by atoms with Crippen LogP contribution in [0.5, 0.6) is 0 Å². The summed E-state index contributed by atoms with van der Waals surface area (Å²) in [6.07, 6.45) is 1.66. The average Bonchev–Trinajstić information content (AvgIpc) is 3.30. The Bertz CT molecular complexity index is 1420. The first-order valence-electron chi connectivity index (χ1n) is 11.2. The normalized spacial score (nSPS) is 14.9. The maximum absolute atomic E-state index is 13.5. The zero-order valence-corrected chi connectivity index (χ0v) is 18.9. The molecule has 6 heteroatoms. The number of aromatic nitrogens is 2. The van der Waals surface area contributed by atoms with E-state index < -0.39 is 0 Å². The lowest BCUT2D eigenvalue weighted by Gasteiger charge is -2.36. The van der Waals surface area contributed by atoms with E-state index in [9.17, 15) is 4.39 Å². The summed E-state index contributed by atoms with van der Waals surface area (Å²) in [5.41, 5.74) is 3.44. The first-order chi connectivity index (χ1) is 16.3. The molecule has 1 fully saturated rings. The molecule has 0 N–H and O–H groups in total. The lowest BCUT2D eigenvalue weighted by molar-refractivity contribution is 0.250. The molecule has 2 aromatic heterocycles. The first kappa shape index (κ1) is 20.3. The first-order valence-corrected chi connectivity index (χ1v) is 12.1. The molecule has 0 bridgehead atoms. The maximum Gasteiger partial charge on any atom is 0.141 e. The number of thiophene rings is 1. The number of benzene rings is 3. The molecule has 0 saturated carbocycles. The van der Waals surface area contributed by atoms with E-state index in [0.29, 0.717) is 0 Å². The number of fused-ring (bicyclic) bond motifs is 2. The van der Waals surface area contributed by atoms with Crippen molar-refractivity contribution in [2.24, 2.45) is 0 Å². The second-order valence-electron chi connectivity index (χ2n) is 8.44. The van der Waals surface area contributed by atoms with E-state index >= 15 is 0 Å². The van der Waals surface area contributed by atoms with Crippen molar-refractivity contribution < 1.29 is 4.39 Å². The molecule has 3 aromatic carbocycles. The number of hydrogen-bond donors (Lipinski definition) is 0. The van der Waals surface area contributed by atoms with E-state index in [2.05, 4.69) is 67.6 Å². The highest BCUT2D eigenvalue weighted by Crippen LogP contribution is 2.38. The molecule has 4 nitrogen and oxygen atoms in total. The Morgan fingerprint density at radius 1 is 0.848 bits per heavy atom. The fraction of sp³-hybridized carbons (Fsp3) is 0.185. The Morgan fingerprint density at radius 2 is 1.64 bits per heavy atom. The summed E-state index contributed by atoms with van der Waals surface area (Å²) in [5.74, 6) is 0.752. The molecule has 6 rings (SSSR count). The Kier molecular flexibility index (Phi) is 5.24. The van der Waals surface area contributed by atoms with Crippen LogP contribution in [0.2, 0.25) is 0 Å². The summed E-state index contributed by atoms with van der Waals surface area (Å²) < 4.78 is 13.5. The number of piperazine rings is 1. The van der Waals surface area contributed by atoms with Gasteiger partial charge in [-0.05, 0) is 34.0 Å². The molecule has 0 spiro atoms. The molecular formula is C27H23FN4S. The molecule has 0 amide bonds. The highest BCUT2D eigenvalue weighted by molar-refractivity contribution is 7.17. The minimum absolute atomic E-state index is 0.225. The summed E-state index contributed by atoms with van der Waals surface area (Å²) in [6.45, 7) is 4.73. The monoisotopic (exact) mass is 454 g/mol. The second-order valence-corrected chi connectivity index (χ2v) is 9.29. The number of rotatable bonds is 4. The average molecular weight is 455 g/mol. The van der Waals surface area contributed by atoms with Gasteiger partial charge in [0.05, 0.1) is 5.39 Å². The lowest BCUT2D eigenvalue weighted by Crippen LogP contribution is -2.46. The van der Waals surface area contributed by atoms with Gasteiger partial charge in [-0.1, -0.05) is 54.6 Å². The van der Waals surface area contributed by atoms with Crippen LogP contribution in [-0.4, -0.2) is 41.0 Å². The molecule has 0 aliphatic carbocycles. The summed E-state index contributed by atoms with van der Waals surface area (Å²) in [4.78, 5) is 15.0. The van der Waals surface area contributed by atoms with Crippen LogP contribution in [0.15, 0.2) is 78.4 Å². The highest BCUT2D eigenvalue weighted by Gasteiger charge is 2.23. The zero-order valence-electron chi connectivity index (χ0n) is 18.1. The van der Waals surface area contributed by atoms with Gasteiger partial charge in [0.1, 0.15) is 22.8 Å². The molecule has 0 unspecified atom stereocenters. The predicted molar refractivity (Wildman–Crippen MR) is 134 cm³/mol. The number of halogens is 1. The van der Waals surface area contributed by atoms with Crippen molar-refractivity contribution in [3.63, 3.8) is 0 Å². The minimum Gasteiger partial charge on any atom is -0.353 e. The quantitative estimate of drug-likeness (QED) is 0.335. The molecule has 164 valence electrons. The fourth-order valence-electron chi connectivity index (χ4n) is 4.73. The minimum atomic E-state index is -0.225. The van der Waals surface area contributed by atoms with E-state index in [-0.39, 0.29) is 5.82 Å². The van der Waals surface area contributed by atoms with Gasteiger partial charge >= 0.3 is 0 Å². The molecule has 1 aliphatic rings. The van der Waals surface area contributed by atoms with Gasteiger partial charge in [0.2, 0.25) is 0 Å². The van der Waals surface area contributed by atoms with Gasteiger partial charge in [-0.25, -0.2) is 14.4 Å². The molecule has 1 saturated heterocycles. The highest BCUT2D eigenvalue weighted by atomic mass is 32.1. The van der Waals surface area contributed by atoms with Crippen molar-refractivity contribution >= 4 is 38.1 Å². The standard InChI is InChI=1S/C27H23FN4S/c28-22-10-8-20(9-11-22)24-17-33-27-25(24)26(29-18-30-27)32-14-12-31(13-15-32)16-21-6-3-5-19-4-1-2-7-23(19)21/h1-11,17-18H,12-16H2. The zero-order chi connectivity index (χ0) is 22.2. The Labute approximate surface area is 195 Å². The van der Waals surface area contributed by atoms with Gasteiger partial charge in [-0.2, -0.15) is 0 Å². The smallest absolute Gasteiger partial charge is 0.141 e. The van der Waals surface area contributed by atoms with Gasteiger partial charge < -0.3 is 4.90 Å². The van der Waals surface area contributed by atoms with Gasteiger partial charge in [-0.15, -0.1) is 11.3 Å². The van der Waals surface area contributed by atoms with Crippen molar-refractivity contribution in [2.45, 2.75) is 6.54 Å². The van der Waals surface area contributed by atoms with E-state index in [1.807, 2.05) is 12.1 Å². The van der Waals surface area contributed by atoms with Gasteiger partial charge in [0.15, 0.2) is 0 Å². The van der Waals surface area contributed by atoms with E-state index in [1.165, 1.54) is 28.5 Å². The lowest BCUT2D eigenvalue weighted by atomic mass is 10.0. The van der Waals surface area contributed by atoms with Gasteiger partial charge in [0, 0.05) is 43.7 Å². The van der Waals surface area contributed by atoms with Crippen LogP contribution in [0.25, 0.3) is 32.1 Å². The van der Waals surface area contributed by atoms with Crippen molar-refractivity contribution in [2.75, 3.05) is 31.1 Å². The summed E-state index contributed by atoms with van der Waals surface area (Å²) in [5, 5.41) is 5.80. The van der Waals surface area contributed by atoms with Crippen molar-refractivity contribution in [3.8, 4) is 11.1 Å². The van der Waals surface area contributed by atoms with Crippen molar-refractivity contribution in [1.82, 2.24) is 14.9 Å². The van der Waals surface area contributed by atoms with E-state index in [4.69, 9.17) is 0 Å². The van der Waals surface area contributed by atoms with Crippen LogP contribution >= 0.6 is 11.3 Å². The van der Waals surface area contributed by atoms with Crippen LogP contribution in [0.1, 0.15) is 5.56 Å². The predicted octanol–water partition coefficient (Wildman–Crippen LogP) is 5.97. The van der Waals surface area contributed by atoms with Crippen molar-refractivity contribution in [1.29, 1.82) is 0 Å². The Morgan fingerprint density at radius 3 is 2.48 bits per heavy atom. The molecule has 0 radical (unpaired) electrons. The third-order valence-electron chi connectivity index (χ3n) is 6.45. The summed E-state index contributed by atoms with van der Waals surface area (Å²) in [7, 11) is 0. The van der Waals surface area contributed by atoms with Gasteiger partial charge in [-0.3, -0.25) is 4.90 Å². The second kappa shape index (κ2) is 8.54. The Balaban J connectivity index is 1.24. The van der Waals surface area contributed by atoms with E-state index in [1.54, 1.807) is 17.7 Å². The molecule has 33 heavy (non-hydrogen) atoms. The molecule has 0 atom stereocenters. The van der Waals surface area contributed by atoms with Crippen LogP contribution in [0.3, 0.4) is 0 Å². The summed E-state index contributed by atoms with van der Waals surface area (Å²) in [6, 6.07) is 21.8. The number of anilines is 1. The van der Waals surface area contributed by atoms with Crippen LogP contribution < -0.4 is 4.90 Å². The molecule has 5 aromatic rings. The number of nitrogens with zero attached hydrogens (tertiary/aromatic N) is 4. The largest absolute Gasteiger partial charge is 0.353 e. The SMILES string of the molecule is Fc1ccc(-c2csc3ncnc(N4CCN(Cc5cccc6ccccc56)CC4)c23)cc1. The van der Waals surface area contributed by atoms with E-state index in [0.717, 1.165) is 59.9 Å². The van der Waals surface area contributed by atoms with Gasteiger partial charge in [0.25, 0.3) is 0 Å². The Hall–Kier alpha value is -3.35. The topological polar surface area (TPSA) is 32.3 Å². The maximum atomic E-state index is 13.5. The number of hydrogen-bond acceptors (Lipinski definition) is 5. The van der Waals surface area contributed by atoms with Crippen molar-refractivity contribution in [3.05, 3.63) is 89.8 Å².